The molecule has 1 aromatic heterocycles. The SMILES string of the molecule is Cc1noc(C)c1S(=O)(=O)N1CCN(C(=O)C(C)(N)c2ccccc2)CC1. The van der Waals surface area contributed by atoms with Crippen LogP contribution in [-0.4, -0.2) is 54.9 Å². The van der Waals surface area contributed by atoms with Gasteiger partial charge in [-0.3, -0.25) is 4.79 Å². The fourth-order valence-electron chi connectivity index (χ4n) is 3.34. The van der Waals surface area contributed by atoms with Crippen molar-refractivity contribution < 1.29 is 17.7 Å². The Hall–Kier alpha value is -2.23. The summed E-state index contributed by atoms with van der Waals surface area (Å²) < 4.78 is 32.1. The Morgan fingerprint density at radius 1 is 1.15 bits per heavy atom. The van der Waals surface area contributed by atoms with E-state index in [-0.39, 0.29) is 42.7 Å². The molecular formula is C18H24N4O4S. The predicted octanol–water partition coefficient (Wildman–Crippen LogP) is 0.998. The first-order valence-corrected chi connectivity index (χ1v) is 10.2. The van der Waals surface area contributed by atoms with Crippen molar-refractivity contribution in [1.29, 1.82) is 0 Å². The van der Waals surface area contributed by atoms with Gasteiger partial charge in [0.1, 0.15) is 16.1 Å². The minimum absolute atomic E-state index is 0.107. The number of aryl methyl sites for hydroxylation is 2. The molecule has 1 aliphatic rings. The van der Waals surface area contributed by atoms with E-state index in [4.69, 9.17) is 10.3 Å². The molecule has 1 atom stereocenters. The Morgan fingerprint density at radius 3 is 2.26 bits per heavy atom. The highest BCUT2D eigenvalue weighted by atomic mass is 32.2. The maximum atomic E-state index is 12.9. The molecule has 146 valence electrons. The van der Waals surface area contributed by atoms with Gasteiger partial charge in [0.15, 0.2) is 5.76 Å². The molecule has 0 aliphatic carbocycles. The van der Waals surface area contributed by atoms with Gasteiger partial charge in [0.25, 0.3) is 0 Å². The molecule has 9 heteroatoms. The average Bonchev–Trinajstić information content (AvgIpc) is 3.01. The average molecular weight is 392 g/mol. The van der Waals surface area contributed by atoms with E-state index in [0.29, 0.717) is 5.69 Å². The van der Waals surface area contributed by atoms with Crippen LogP contribution in [-0.2, 0) is 20.4 Å². The van der Waals surface area contributed by atoms with Crippen LogP contribution in [0.3, 0.4) is 0 Å². The summed E-state index contributed by atoms with van der Waals surface area (Å²) in [5, 5.41) is 3.72. The molecule has 1 saturated heterocycles. The number of rotatable bonds is 4. The van der Waals surface area contributed by atoms with E-state index in [9.17, 15) is 13.2 Å². The first-order valence-electron chi connectivity index (χ1n) is 8.72. The molecule has 0 bridgehead atoms. The lowest BCUT2D eigenvalue weighted by Gasteiger charge is -2.38. The van der Waals surface area contributed by atoms with Crippen molar-refractivity contribution in [2.24, 2.45) is 5.73 Å². The van der Waals surface area contributed by atoms with Crippen LogP contribution >= 0.6 is 0 Å². The summed E-state index contributed by atoms with van der Waals surface area (Å²) in [4.78, 5) is 14.6. The fourth-order valence-corrected chi connectivity index (χ4v) is 5.05. The number of nitrogens with two attached hydrogens (primary N) is 1. The van der Waals surface area contributed by atoms with E-state index in [0.717, 1.165) is 5.56 Å². The van der Waals surface area contributed by atoms with Gasteiger partial charge >= 0.3 is 0 Å². The van der Waals surface area contributed by atoms with Gasteiger partial charge in [0.05, 0.1) is 0 Å². The van der Waals surface area contributed by atoms with E-state index in [1.54, 1.807) is 25.7 Å². The second kappa shape index (κ2) is 7.06. The first kappa shape index (κ1) is 19.5. The Morgan fingerprint density at radius 2 is 1.74 bits per heavy atom. The maximum absolute atomic E-state index is 12.9. The number of aromatic nitrogens is 1. The molecule has 1 aromatic carbocycles. The minimum Gasteiger partial charge on any atom is -0.360 e. The lowest BCUT2D eigenvalue weighted by atomic mass is 9.91. The van der Waals surface area contributed by atoms with Gasteiger partial charge in [-0.15, -0.1) is 0 Å². The van der Waals surface area contributed by atoms with E-state index in [1.807, 2.05) is 30.3 Å². The number of amides is 1. The molecule has 3 rings (SSSR count). The highest BCUT2D eigenvalue weighted by Gasteiger charge is 2.38. The Balaban J connectivity index is 1.73. The van der Waals surface area contributed by atoms with Crippen molar-refractivity contribution in [2.75, 3.05) is 26.2 Å². The number of nitrogens with zero attached hydrogens (tertiary/aromatic N) is 3. The Kier molecular flexibility index (Phi) is 5.11. The zero-order valence-electron chi connectivity index (χ0n) is 15.7. The van der Waals surface area contributed by atoms with Crippen molar-refractivity contribution >= 4 is 15.9 Å². The Labute approximate surface area is 159 Å². The van der Waals surface area contributed by atoms with Crippen LogP contribution in [0.5, 0.6) is 0 Å². The van der Waals surface area contributed by atoms with Gasteiger partial charge in [0, 0.05) is 26.2 Å². The van der Waals surface area contributed by atoms with Crippen LogP contribution in [0, 0.1) is 13.8 Å². The third-order valence-electron chi connectivity index (χ3n) is 4.91. The highest BCUT2D eigenvalue weighted by Crippen LogP contribution is 2.26. The number of piperazine rings is 1. The monoisotopic (exact) mass is 392 g/mol. The van der Waals surface area contributed by atoms with Crippen molar-refractivity contribution in [2.45, 2.75) is 31.2 Å². The van der Waals surface area contributed by atoms with Crippen molar-refractivity contribution in [3.63, 3.8) is 0 Å². The van der Waals surface area contributed by atoms with Gasteiger partial charge < -0.3 is 15.2 Å². The number of carbonyl (C=O) groups excluding carboxylic acids is 1. The number of sulfonamides is 1. The molecule has 1 unspecified atom stereocenters. The summed E-state index contributed by atoms with van der Waals surface area (Å²) in [7, 11) is -3.71. The number of hydrogen-bond donors (Lipinski definition) is 1. The van der Waals surface area contributed by atoms with Crippen molar-refractivity contribution in [3.8, 4) is 0 Å². The molecule has 2 aromatic rings. The summed E-state index contributed by atoms with van der Waals surface area (Å²) in [5.74, 6) is 0.0488. The number of benzene rings is 1. The third kappa shape index (κ3) is 3.50. The van der Waals surface area contributed by atoms with Gasteiger partial charge in [0.2, 0.25) is 15.9 Å². The standard InChI is InChI=1S/C18H24N4O4S/c1-13-16(14(2)26-20-13)27(24,25)22-11-9-21(10-12-22)17(23)18(3,19)15-7-5-4-6-8-15/h4-8H,9-12,19H2,1-3H3. The van der Waals surface area contributed by atoms with Crippen molar-refractivity contribution in [3.05, 3.63) is 47.3 Å². The molecule has 2 N–H and O–H groups in total. The number of hydrogen-bond acceptors (Lipinski definition) is 6. The topological polar surface area (TPSA) is 110 Å². The van der Waals surface area contributed by atoms with Crippen LogP contribution in [0.1, 0.15) is 23.9 Å². The van der Waals surface area contributed by atoms with Gasteiger partial charge in [-0.2, -0.15) is 4.31 Å². The van der Waals surface area contributed by atoms with E-state index < -0.39 is 15.6 Å². The van der Waals surface area contributed by atoms with Crippen LogP contribution in [0.2, 0.25) is 0 Å². The van der Waals surface area contributed by atoms with Gasteiger partial charge in [-0.1, -0.05) is 35.5 Å². The fraction of sp³-hybridized carbons (Fsp3) is 0.444. The summed E-state index contributed by atoms with van der Waals surface area (Å²) in [6.45, 7) is 5.81. The van der Waals surface area contributed by atoms with Crippen LogP contribution in [0.4, 0.5) is 0 Å². The quantitative estimate of drug-likeness (QED) is 0.831. The molecule has 0 radical (unpaired) electrons. The summed E-state index contributed by atoms with van der Waals surface area (Å²) >= 11 is 0. The summed E-state index contributed by atoms with van der Waals surface area (Å²) in [6, 6.07) is 9.16. The van der Waals surface area contributed by atoms with Gasteiger partial charge in [-0.25, -0.2) is 8.42 Å². The zero-order valence-corrected chi connectivity index (χ0v) is 16.5. The molecule has 27 heavy (non-hydrogen) atoms. The van der Waals surface area contributed by atoms with Crippen LogP contribution in [0.15, 0.2) is 39.8 Å². The third-order valence-corrected chi connectivity index (χ3v) is 7.05. The molecule has 1 amide bonds. The van der Waals surface area contributed by atoms with Crippen LogP contribution in [0.25, 0.3) is 0 Å². The van der Waals surface area contributed by atoms with Gasteiger partial charge in [-0.05, 0) is 26.3 Å². The minimum atomic E-state index is -3.71. The number of carbonyl (C=O) groups is 1. The smallest absolute Gasteiger partial charge is 0.248 e. The predicted molar refractivity (Wildman–Crippen MR) is 99.3 cm³/mol. The molecule has 0 saturated carbocycles. The van der Waals surface area contributed by atoms with Crippen LogP contribution < -0.4 is 5.73 Å². The van der Waals surface area contributed by atoms with E-state index in [2.05, 4.69) is 5.16 Å². The zero-order chi connectivity index (χ0) is 19.8. The second-order valence-electron chi connectivity index (χ2n) is 6.92. The normalized spacial score (nSPS) is 18.3. The molecular weight excluding hydrogens is 368 g/mol. The molecule has 8 nitrogen and oxygen atoms in total. The van der Waals surface area contributed by atoms with Crippen molar-refractivity contribution in [1.82, 2.24) is 14.4 Å². The second-order valence-corrected chi connectivity index (χ2v) is 8.79. The lowest BCUT2D eigenvalue weighted by Crippen LogP contribution is -2.57. The highest BCUT2D eigenvalue weighted by molar-refractivity contribution is 7.89. The lowest BCUT2D eigenvalue weighted by molar-refractivity contribution is -0.138. The summed E-state index contributed by atoms with van der Waals surface area (Å²) in [5.41, 5.74) is 6.20. The summed E-state index contributed by atoms with van der Waals surface area (Å²) in [6.07, 6.45) is 0. The molecule has 2 heterocycles. The Bertz CT molecular complexity index is 910. The largest absolute Gasteiger partial charge is 0.360 e. The molecule has 0 spiro atoms. The van der Waals surface area contributed by atoms with E-state index in [1.165, 1.54) is 4.31 Å². The van der Waals surface area contributed by atoms with E-state index >= 15 is 0 Å². The molecule has 1 fully saturated rings. The maximum Gasteiger partial charge on any atom is 0.248 e. The molecule has 1 aliphatic heterocycles. The first-order chi connectivity index (χ1) is 12.7.